The third kappa shape index (κ3) is 2.77. The van der Waals surface area contributed by atoms with Crippen molar-refractivity contribution in [1.29, 1.82) is 0 Å². The Hall–Kier alpha value is -1.80. The summed E-state index contributed by atoms with van der Waals surface area (Å²) in [5.74, 6) is 1.73. The maximum Gasteiger partial charge on any atom is 0.122 e. The van der Waals surface area contributed by atoms with Crippen LogP contribution in [0.5, 0.6) is 5.75 Å². The summed E-state index contributed by atoms with van der Waals surface area (Å²) >= 11 is 0. The first-order chi connectivity index (χ1) is 12.3. The van der Waals surface area contributed by atoms with Gasteiger partial charge in [0.05, 0.1) is 6.61 Å². The summed E-state index contributed by atoms with van der Waals surface area (Å²) in [4.78, 5) is 2.69. The van der Waals surface area contributed by atoms with E-state index in [4.69, 9.17) is 4.74 Å². The average Bonchev–Trinajstić information content (AvgIpc) is 3.02. The van der Waals surface area contributed by atoms with Gasteiger partial charge in [0, 0.05) is 12.5 Å². The molecule has 0 radical (unpaired) electrons. The third-order valence-corrected chi connectivity index (χ3v) is 6.75. The molecule has 1 aliphatic carbocycles. The van der Waals surface area contributed by atoms with Crippen molar-refractivity contribution in [3.63, 3.8) is 0 Å². The number of hydrogen-bond donors (Lipinski definition) is 0. The first-order valence-electron chi connectivity index (χ1n) is 9.84. The van der Waals surface area contributed by atoms with Crippen LogP contribution in [0, 0.1) is 5.92 Å². The lowest BCUT2D eigenvalue weighted by atomic mass is 9.73. The fourth-order valence-electron chi connectivity index (χ4n) is 5.32. The summed E-state index contributed by atoms with van der Waals surface area (Å²) in [5, 5.41) is 0. The van der Waals surface area contributed by atoms with E-state index in [9.17, 15) is 0 Å². The highest BCUT2D eigenvalue weighted by Crippen LogP contribution is 2.46. The smallest absolute Gasteiger partial charge is 0.122 e. The molecule has 1 saturated heterocycles. The van der Waals surface area contributed by atoms with Crippen molar-refractivity contribution in [1.82, 2.24) is 4.90 Å². The van der Waals surface area contributed by atoms with Crippen LogP contribution in [0.3, 0.4) is 0 Å². The number of ether oxygens (including phenoxy) is 1. The Balaban J connectivity index is 1.22. The number of likely N-dealkylation sites (tertiary alicyclic amines) is 1. The summed E-state index contributed by atoms with van der Waals surface area (Å²) < 4.78 is 5.99. The Morgan fingerprint density at radius 2 is 1.68 bits per heavy atom. The van der Waals surface area contributed by atoms with Crippen LogP contribution >= 0.6 is 0 Å². The molecule has 2 heteroatoms. The minimum atomic E-state index is 0.475. The molecule has 5 rings (SSSR count). The minimum Gasteiger partial charge on any atom is -0.493 e. The number of rotatable bonds is 2. The lowest BCUT2D eigenvalue weighted by Crippen LogP contribution is -2.44. The lowest BCUT2D eigenvalue weighted by molar-refractivity contribution is 0.113. The summed E-state index contributed by atoms with van der Waals surface area (Å²) in [6.07, 6.45) is 6.46. The van der Waals surface area contributed by atoms with Crippen LogP contribution < -0.4 is 4.74 Å². The minimum absolute atomic E-state index is 0.475. The van der Waals surface area contributed by atoms with E-state index in [1.165, 1.54) is 57.3 Å². The average molecular weight is 333 g/mol. The zero-order valence-electron chi connectivity index (χ0n) is 14.9. The number of para-hydroxylation sites is 1. The van der Waals surface area contributed by atoms with Gasteiger partial charge in [0.25, 0.3) is 0 Å². The molecule has 1 atom stereocenters. The zero-order chi connectivity index (χ0) is 16.7. The van der Waals surface area contributed by atoms with Crippen LogP contribution in [-0.2, 0) is 18.3 Å². The van der Waals surface area contributed by atoms with E-state index in [2.05, 4.69) is 53.4 Å². The van der Waals surface area contributed by atoms with E-state index < -0.39 is 0 Å². The van der Waals surface area contributed by atoms with Crippen LogP contribution in [-0.4, -0.2) is 31.1 Å². The van der Waals surface area contributed by atoms with Crippen LogP contribution in [0.15, 0.2) is 48.5 Å². The molecule has 130 valence electrons. The molecule has 2 aliphatic heterocycles. The molecule has 25 heavy (non-hydrogen) atoms. The van der Waals surface area contributed by atoms with Crippen molar-refractivity contribution in [3.05, 3.63) is 65.2 Å². The van der Waals surface area contributed by atoms with Crippen LogP contribution in [0.2, 0.25) is 0 Å². The van der Waals surface area contributed by atoms with E-state index in [-0.39, 0.29) is 0 Å². The molecular weight excluding hydrogens is 306 g/mol. The van der Waals surface area contributed by atoms with Crippen molar-refractivity contribution in [3.8, 4) is 5.75 Å². The van der Waals surface area contributed by atoms with Crippen LogP contribution in [0.4, 0.5) is 0 Å². The second-order valence-corrected chi connectivity index (χ2v) is 8.23. The molecule has 2 aromatic rings. The van der Waals surface area contributed by atoms with Gasteiger partial charge in [-0.2, -0.15) is 0 Å². The molecular formula is C23H27NO. The molecule has 2 nitrogen and oxygen atoms in total. The van der Waals surface area contributed by atoms with Gasteiger partial charge in [-0.05, 0) is 73.4 Å². The standard InChI is InChI=1S/C23H27NO/c1-3-7-21-19(5-1)9-10-23(21)11-13-24(14-12-23)16-18-15-20-6-2-4-8-22(20)25-17-18/h1-8,18H,9-17H2. The van der Waals surface area contributed by atoms with Gasteiger partial charge in [0.15, 0.2) is 0 Å². The Morgan fingerprint density at radius 3 is 2.56 bits per heavy atom. The largest absolute Gasteiger partial charge is 0.493 e. The van der Waals surface area contributed by atoms with Crippen molar-refractivity contribution >= 4 is 0 Å². The number of benzene rings is 2. The number of fused-ring (bicyclic) bond motifs is 3. The van der Waals surface area contributed by atoms with Crippen molar-refractivity contribution in [2.45, 2.75) is 37.5 Å². The first kappa shape index (κ1) is 15.5. The maximum absolute atomic E-state index is 5.99. The number of aryl methyl sites for hydroxylation is 1. The number of hydrogen-bond acceptors (Lipinski definition) is 2. The first-order valence-corrected chi connectivity index (χ1v) is 9.84. The fraction of sp³-hybridized carbons (Fsp3) is 0.478. The number of piperidine rings is 1. The SMILES string of the molecule is c1ccc2c(c1)CC(CN1CCC3(CCc4ccccc43)CC1)CO2. The molecule has 0 saturated carbocycles. The summed E-state index contributed by atoms with van der Waals surface area (Å²) in [5.41, 5.74) is 5.12. The van der Waals surface area contributed by atoms with Crippen molar-refractivity contribution in [2.24, 2.45) is 5.92 Å². The normalized spacial score (nSPS) is 24.6. The molecule has 0 amide bonds. The van der Waals surface area contributed by atoms with Gasteiger partial charge in [-0.15, -0.1) is 0 Å². The molecule has 1 unspecified atom stereocenters. The van der Waals surface area contributed by atoms with Crippen LogP contribution in [0.25, 0.3) is 0 Å². The molecule has 0 aromatic heterocycles. The van der Waals surface area contributed by atoms with Gasteiger partial charge in [0.2, 0.25) is 0 Å². The maximum atomic E-state index is 5.99. The van der Waals surface area contributed by atoms with E-state index >= 15 is 0 Å². The molecule has 2 aromatic carbocycles. The molecule has 1 spiro atoms. The topological polar surface area (TPSA) is 12.5 Å². The Labute approximate surface area is 150 Å². The highest BCUT2D eigenvalue weighted by atomic mass is 16.5. The van der Waals surface area contributed by atoms with Crippen molar-refractivity contribution in [2.75, 3.05) is 26.2 Å². The second kappa shape index (κ2) is 6.17. The highest BCUT2D eigenvalue weighted by Gasteiger charge is 2.41. The monoisotopic (exact) mass is 333 g/mol. The molecule has 2 heterocycles. The summed E-state index contributed by atoms with van der Waals surface area (Å²) in [6, 6.07) is 17.7. The zero-order valence-corrected chi connectivity index (χ0v) is 14.9. The van der Waals surface area contributed by atoms with Gasteiger partial charge in [-0.25, -0.2) is 0 Å². The van der Waals surface area contributed by atoms with E-state index in [1.807, 2.05) is 0 Å². The van der Waals surface area contributed by atoms with Gasteiger partial charge in [0.1, 0.15) is 5.75 Å². The van der Waals surface area contributed by atoms with Gasteiger partial charge in [-0.3, -0.25) is 0 Å². The van der Waals surface area contributed by atoms with Crippen LogP contribution in [0.1, 0.15) is 36.0 Å². The highest BCUT2D eigenvalue weighted by molar-refractivity contribution is 5.40. The quantitative estimate of drug-likeness (QED) is 0.816. The van der Waals surface area contributed by atoms with Crippen molar-refractivity contribution < 1.29 is 4.74 Å². The molecule has 3 aliphatic rings. The second-order valence-electron chi connectivity index (χ2n) is 8.23. The Bertz CT molecular complexity index is 760. The summed E-state index contributed by atoms with van der Waals surface area (Å²) in [6.45, 7) is 4.55. The molecule has 1 fully saturated rings. The predicted molar refractivity (Wildman–Crippen MR) is 101 cm³/mol. The van der Waals surface area contributed by atoms with E-state index in [0.717, 1.165) is 12.4 Å². The Morgan fingerprint density at radius 1 is 0.920 bits per heavy atom. The molecule has 0 bridgehead atoms. The van der Waals surface area contributed by atoms with Gasteiger partial charge in [-0.1, -0.05) is 42.5 Å². The number of nitrogens with zero attached hydrogens (tertiary/aromatic N) is 1. The fourth-order valence-corrected chi connectivity index (χ4v) is 5.32. The third-order valence-electron chi connectivity index (χ3n) is 6.75. The van der Waals surface area contributed by atoms with E-state index in [1.54, 1.807) is 11.1 Å². The Kier molecular flexibility index (Phi) is 3.82. The lowest BCUT2D eigenvalue weighted by Gasteiger charge is -2.41. The summed E-state index contributed by atoms with van der Waals surface area (Å²) in [7, 11) is 0. The molecule has 0 N–H and O–H groups in total. The van der Waals surface area contributed by atoms with E-state index in [0.29, 0.717) is 11.3 Å². The van der Waals surface area contributed by atoms with Gasteiger partial charge >= 0.3 is 0 Å². The predicted octanol–water partition coefficient (Wildman–Crippen LogP) is 4.22. The van der Waals surface area contributed by atoms with Gasteiger partial charge < -0.3 is 9.64 Å².